The van der Waals surface area contributed by atoms with Crippen molar-refractivity contribution in [3.8, 4) is 0 Å². The van der Waals surface area contributed by atoms with Gasteiger partial charge in [0, 0.05) is 13.1 Å². The third-order valence-corrected chi connectivity index (χ3v) is 3.68. The van der Waals surface area contributed by atoms with Crippen LogP contribution in [0.3, 0.4) is 0 Å². The third kappa shape index (κ3) is 2.36. The van der Waals surface area contributed by atoms with Gasteiger partial charge in [0.2, 0.25) is 0 Å². The minimum atomic E-state index is -4.89. The molecule has 1 aromatic carbocycles. The lowest BCUT2D eigenvalue weighted by Crippen LogP contribution is -2.43. The minimum Gasteiger partial charge on any atom is -0.330 e. The van der Waals surface area contributed by atoms with Crippen molar-refractivity contribution in [1.29, 1.82) is 0 Å². The third-order valence-electron chi connectivity index (χ3n) is 2.82. The van der Waals surface area contributed by atoms with E-state index < -0.39 is 17.9 Å². The molecule has 0 N–H and O–H groups in total. The Labute approximate surface area is 109 Å². The second kappa shape index (κ2) is 4.53. The maximum atomic E-state index is 13.3. The Morgan fingerprint density at radius 2 is 2.00 bits per heavy atom. The molecule has 7 heteroatoms. The first-order valence-corrected chi connectivity index (χ1v) is 5.92. The summed E-state index contributed by atoms with van der Waals surface area (Å²) in [6, 6.07) is 2.79. The summed E-state index contributed by atoms with van der Waals surface area (Å²) in [6.45, 7) is -0.241. The van der Waals surface area contributed by atoms with E-state index in [0.29, 0.717) is 10.5 Å². The van der Waals surface area contributed by atoms with Crippen LogP contribution in [0.25, 0.3) is 0 Å². The van der Waals surface area contributed by atoms with Crippen molar-refractivity contribution in [2.45, 2.75) is 19.1 Å². The second-order valence-electron chi connectivity index (χ2n) is 3.97. The molecule has 2 rings (SSSR count). The van der Waals surface area contributed by atoms with Crippen LogP contribution >= 0.6 is 15.9 Å². The topological polar surface area (TPSA) is 20.3 Å². The van der Waals surface area contributed by atoms with E-state index in [1.165, 1.54) is 12.1 Å². The van der Waals surface area contributed by atoms with Crippen molar-refractivity contribution in [2.75, 3.05) is 6.54 Å². The first-order valence-electron chi connectivity index (χ1n) is 5.12. The minimum absolute atomic E-state index is 0.0105. The highest BCUT2D eigenvalue weighted by Gasteiger charge is 2.43. The molecule has 0 aliphatic carbocycles. The van der Waals surface area contributed by atoms with Gasteiger partial charge in [-0.05, 0) is 39.5 Å². The van der Waals surface area contributed by atoms with Crippen LogP contribution in [0.4, 0.5) is 17.6 Å². The summed E-state index contributed by atoms with van der Waals surface area (Å²) >= 11 is 3.00. The molecule has 1 heterocycles. The lowest BCUT2D eigenvalue weighted by Gasteiger charge is -2.30. The zero-order chi connectivity index (χ0) is 13.5. The number of halogens is 5. The van der Waals surface area contributed by atoms with Crippen LogP contribution in [0.1, 0.15) is 11.1 Å². The Morgan fingerprint density at radius 1 is 1.33 bits per heavy atom. The quantitative estimate of drug-likeness (QED) is 0.671. The van der Waals surface area contributed by atoms with Gasteiger partial charge >= 0.3 is 12.1 Å². The number of alkyl halides is 3. The SMILES string of the molecule is O=C(N1CCc2ccc(F)c(Br)c2C1)C(F)(F)F. The van der Waals surface area contributed by atoms with E-state index in [4.69, 9.17) is 0 Å². The molecule has 0 atom stereocenters. The molecule has 18 heavy (non-hydrogen) atoms. The van der Waals surface area contributed by atoms with Gasteiger partial charge in [-0.1, -0.05) is 6.07 Å². The smallest absolute Gasteiger partial charge is 0.330 e. The Bertz CT molecular complexity index is 501. The van der Waals surface area contributed by atoms with Crippen LogP contribution in [0.2, 0.25) is 0 Å². The highest BCUT2D eigenvalue weighted by Crippen LogP contribution is 2.30. The first kappa shape index (κ1) is 13.3. The number of nitrogens with zero attached hydrogens (tertiary/aromatic N) is 1. The van der Waals surface area contributed by atoms with E-state index in [0.717, 1.165) is 5.56 Å². The first-order chi connectivity index (χ1) is 8.30. The average Bonchev–Trinajstić information content (AvgIpc) is 2.31. The van der Waals surface area contributed by atoms with Gasteiger partial charge in [-0.2, -0.15) is 13.2 Å². The maximum Gasteiger partial charge on any atom is 0.471 e. The second-order valence-corrected chi connectivity index (χ2v) is 4.77. The van der Waals surface area contributed by atoms with Crippen molar-refractivity contribution in [3.63, 3.8) is 0 Å². The number of benzene rings is 1. The van der Waals surface area contributed by atoms with Crippen LogP contribution in [0.5, 0.6) is 0 Å². The fourth-order valence-corrected chi connectivity index (χ4v) is 2.43. The molecule has 98 valence electrons. The number of amides is 1. The molecular weight excluding hydrogens is 318 g/mol. The zero-order valence-corrected chi connectivity index (χ0v) is 10.6. The number of carbonyl (C=O) groups excluding carboxylic acids is 1. The molecule has 1 amide bonds. The van der Waals surface area contributed by atoms with Gasteiger partial charge < -0.3 is 4.90 Å². The number of hydrogen-bond acceptors (Lipinski definition) is 1. The van der Waals surface area contributed by atoms with Crippen molar-refractivity contribution in [1.82, 2.24) is 4.90 Å². The zero-order valence-electron chi connectivity index (χ0n) is 9.02. The standard InChI is InChI=1S/C11H8BrF4NO/c12-9-7-5-17(10(18)11(14,15)16)4-3-6(7)1-2-8(9)13/h1-2H,3-5H2. The molecule has 2 nitrogen and oxygen atoms in total. The molecule has 1 aliphatic heterocycles. The summed E-state index contributed by atoms with van der Waals surface area (Å²) in [5.74, 6) is -2.43. The summed E-state index contributed by atoms with van der Waals surface area (Å²) in [5, 5.41) is 0. The Kier molecular flexibility index (Phi) is 3.35. The average molecular weight is 326 g/mol. The highest BCUT2D eigenvalue weighted by atomic mass is 79.9. The van der Waals surface area contributed by atoms with Crippen LogP contribution in [0, 0.1) is 5.82 Å². The number of fused-ring (bicyclic) bond motifs is 1. The molecule has 0 spiro atoms. The molecular formula is C11H8BrF4NO. The van der Waals surface area contributed by atoms with Gasteiger partial charge in [-0.25, -0.2) is 4.39 Å². The molecule has 0 fully saturated rings. The Balaban J connectivity index is 2.30. The van der Waals surface area contributed by atoms with Crippen LogP contribution < -0.4 is 0 Å². The lowest BCUT2D eigenvalue weighted by molar-refractivity contribution is -0.186. The molecule has 0 saturated carbocycles. The largest absolute Gasteiger partial charge is 0.471 e. The molecule has 0 bridgehead atoms. The Hall–Kier alpha value is -1.11. The van der Waals surface area contributed by atoms with Crippen molar-refractivity contribution in [2.24, 2.45) is 0 Å². The van der Waals surface area contributed by atoms with E-state index in [9.17, 15) is 22.4 Å². The van der Waals surface area contributed by atoms with Gasteiger partial charge in [0.05, 0.1) is 4.47 Å². The van der Waals surface area contributed by atoms with E-state index in [1.807, 2.05) is 0 Å². The Morgan fingerprint density at radius 3 is 2.61 bits per heavy atom. The normalized spacial score (nSPS) is 15.5. The molecule has 0 unspecified atom stereocenters. The van der Waals surface area contributed by atoms with Crippen molar-refractivity contribution in [3.05, 3.63) is 33.5 Å². The molecule has 1 aromatic rings. The maximum absolute atomic E-state index is 13.3. The lowest BCUT2D eigenvalue weighted by atomic mass is 9.99. The van der Waals surface area contributed by atoms with Gasteiger partial charge in [-0.15, -0.1) is 0 Å². The van der Waals surface area contributed by atoms with E-state index in [-0.39, 0.29) is 24.0 Å². The summed E-state index contributed by atoms with van der Waals surface area (Å²) in [4.78, 5) is 11.8. The monoisotopic (exact) mass is 325 g/mol. The van der Waals surface area contributed by atoms with E-state index in [1.54, 1.807) is 0 Å². The fourth-order valence-electron chi connectivity index (χ4n) is 1.92. The van der Waals surface area contributed by atoms with E-state index >= 15 is 0 Å². The van der Waals surface area contributed by atoms with Gasteiger partial charge in [0.1, 0.15) is 5.82 Å². The summed E-state index contributed by atoms with van der Waals surface area (Å²) in [7, 11) is 0. The van der Waals surface area contributed by atoms with Gasteiger partial charge in [0.15, 0.2) is 0 Å². The number of rotatable bonds is 0. The predicted molar refractivity (Wildman–Crippen MR) is 59.3 cm³/mol. The summed E-state index contributed by atoms with van der Waals surface area (Å²) in [6.07, 6.45) is -4.60. The molecule has 0 saturated heterocycles. The molecule has 0 radical (unpaired) electrons. The van der Waals surface area contributed by atoms with Crippen molar-refractivity contribution < 1.29 is 22.4 Å². The molecule has 1 aliphatic rings. The van der Waals surface area contributed by atoms with Crippen LogP contribution in [-0.4, -0.2) is 23.5 Å². The van der Waals surface area contributed by atoms with Crippen LogP contribution in [-0.2, 0) is 17.8 Å². The van der Waals surface area contributed by atoms with Crippen LogP contribution in [0.15, 0.2) is 16.6 Å². The van der Waals surface area contributed by atoms with Gasteiger partial charge in [0.25, 0.3) is 0 Å². The number of hydrogen-bond donors (Lipinski definition) is 0. The summed E-state index contributed by atoms with van der Waals surface area (Å²) < 4.78 is 50.4. The fraction of sp³-hybridized carbons (Fsp3) is 0.364. The molecule has 0 aromatic heterocycles. The van der Waals surface area contributed by atoms with Gasteiger partial charge in [-0.3, -0.25) is 4.79 Å². The van der Waals surface area contributed by atoms with E-state index in [2.05, 4.69) is 15.9 Å². The highest BCUT2D eigenvalue weighted by molar-refractivity contribution is 9.10. The predicted octanol–water partition coefficient (Wildman–Crippen LogP) is 3.04. The van der Waals surface area contributed by atoms with Crippen molar-refractivity contribution >= 4 is 21.8 Å². The summed E-state index contributed by atoms with van der Waals surface area (Å²) in [5.41, 5.74) is 1.16. The number of carbonyl (C=O) groups is 1.